The van der Waals surface area contributed by atoms with Crippen molar-refractivity contribution in [1.29, 1.82) is 0 Å². The number of rotatable bonds is 6. The van der Waals surface area contributed by atoms with Gasteiger partial charge in [-0.2, -0.15) is 0 Å². The molecule has 0 aromatic carbocycles. The molecule has 1 aromatic rings. The van der Waals surface area contributed by atoms with Crippen molar-refractivity contribution in [3.8, 4) is 0 Å². The van der Waals surface area contributed by atoms with Gasteiger partial charge in [-0.25, -0.2) is 8.42 Å². The third-order valence-electron chi connectivity index (χ3n) is 4.93. The van der Waals surface area contributed by atoms with E-state index in [1.54, 1.807) is 11.3 Å². The number of hydrogen-bond acceptors (Lipinski definition) is 6. The number of nitrogens with one attached hydrogen (secondary N) is 2. The van der Waals surface area contributed by atoms with E-state index in [1.807, 2.05) is 6.92 Å². The highest BCUT2D eigenvalue weighted by Crippen LogP contribution is 2.22. The Morgan fingerprint density at radius 1 is 1.32 bits per heavy atom. The van der Waals surface area contributed by atoms with E-state index in [2.05, 4.69) is 42.9 Å². The van der Waals surface area contributed by atoms with E-state index in [0.29, 0.717) is 13.0 Å². The summed E-state index contributed by atoms with van der Waals surface area (Å²) in [5.41, 5.74) is 0. The average molecular weight is 428 g/mol. The molecule has 1 atom stereocenters. The molecule has 28 heavy (non-hydrogen) atoms. The number of sulfone groups is 1. The molecule has 2 fully saturated rings. The van der Waals surface area contributed by atoms with Crippen molar-refractivity contribution >= 4 is 38.0 Å². The first-order valence-corrected chi connectivity index (χ1v) is 12.5. The molecular formula is C18H29N5O3S2. The molecule has 0 saturated carbocycles. The van der Waals surface area contributed by atoms with Crippen LogP contribution in [0.2, 0.25) is 0 Å². The van der Waals surface area contributed by atoms with Gasteiger partial charge in [-0.3, -0.25) is 9.79 Å². The topological polar surface area (TPSA) is 94.1 Å². The Bertz CT molecular complexity index is 771. The van der Waals surface area contributed by atoms with Crippen LogP contribution in [0.1, 0.15) is 19.8 Å². The van der Waals surface area contributed by atoms with Gasteiger partial charge in [-0.15, -0.1) is 11.3 Å². The second-order valence-corrected chi connectivity index (χ2v) is 10.2. The van der Waals surface area contributed by atoms with E-state index in [4.69, 9.17) is 0 Å². The van der Waals surface area contributed by atoms with Gasteiger partial charge in [0.15, 0.2) is 15.8 Å². The Kier molecular flexibility index (Phi) is 7.17. The number of anilines is 1. The maximum Gasteiger partial charge on any atom is 0.222 e. The van der Waals surface area contributed by atoms with Gasteiger partial charge in [-0.1, -0.05) is 0 Å². The van der Waals surface area contributed by atoms with Gasteiger partial charge in [0, 0.05) is 45.2 Å². The molecule has 3 heterocycles. The van der Waals surface area contributed by atoms with Crippen molar-refractivity contribution in [3.63, 3.8) is 0 Å². The highest BCUT2D eigenvalue weighted by Gasteiger charge is 2.28. The van der Waals surface area contributed by atoms with Gasteiger partial charge in [0.25, 0.3) is 0 Å². The SMILES string of the molecule is CCNC(=NCCC(=O)NC1CCS(=O)(=O)C1)N1CCN(c2cccs2)CC1. The molecule has 2 aliphatic rings. The molecule has 0 spiro atoms. The molecule has 0 radical (unpaired) electrons. The standard InChI is InChI=1S/C18H29N5O3S2/c1-2-19-18(23-10-8-22(9-11-23)17-4-3-12-27-17)20-7-5-16(24)21-15-6-13-28(25,26)14-15/h3-4,12,15H,2,5-11,13-14H2,1H3,(H,19,20)(H,21,24). The van der Waals surface area contributed by atoms with Gasteiger partial charge in [0.2, 0.25) is 5.91 Å². The van der Waals surface area contributed by atoms with Crippen LogP contribution >= 0.6 is 11.3 Å². The van der Waals surface area contributed by atoms with Crippen molar-refractivity contribution in [3.05, 3.63) is 17.5 Å². The molecule has 2 aliphatic heterocycles. The number of guanidine groups is 1. The van der Waals surface area contributed by atoms with Gasteiger partial charge in [0.1, 0.15) is 0 Å². The molecule has 0 bridgehead atoms. The van der Waals surface area contributed by atoms with Crippen LogP contribution in [0.3, 0.4) is 0 Å². The Morgan fingerprint density at radius 2 is 2.11 bits per heavy atom. The Labute approximate surface area is 170 Å². The lowest BCUT2D eigenvalue weighted by Crippen LogP contribution is -2.52. The molecule has 1 amide bonds. The van der Waals surface area contributed by atoms with Crippen LogP contribution in [0.25, 0.3) is 0 Å². The maximum absolute atomic E-state index is 12.1. The van der Waals surface area contributed by atoms with Crippen LogP contribution in [0.15, 0.2) is 22.5 Å². The van der Waals surface area contributed by atoms with Gasteiger partial charge < -0.3 is 20.4 Å². The Morgan fingerprint density at radius 3 is 2.71 bits per heavy atom. The molecule has 3 rings (SSSR count). The van der Waals surface area contributed by atoms with E-state index in [-0.39, 0.29) is 29.9 Å². The number of piperazine rings is 1. The van der Waals surface area contributed by atoms with Crippen LogP contribution in [0.4, 0.5) is 5.00 Å². The molecule has 2 saturated heterocycles. The van der Waals surface area contributed by atoms with Gasteiger partial charge >= 0.3 is 0 Å². The smallest absolute Gasteiger partial charge is 0.222 e. The number of nitrogens with zero attached hydrogens (tertiary/aromatic N) is 3. The fourth-order valence-electron chi connectivity index (χ4n) is 3.49. The van der Waals surface area contributed by atoms with Gasteiger partial charge in [0.05, 0.1) is 23.1 Å². The minimum absolute atomic E-state index is 0.0547. The summed E-state index contributed by atoms with van der Waals surface area (Å²) < 4.78 is 23.0. The lowest BCUT2D eigenvalue weighted by Gasteiger charge is -2.37. The summed E-state index contributed by atoms with van der Waals surface area (Å²) in [4.78, 5) is 21.3. The van der Waals surface area contributed by atoms with Crippen molar-refractivity contribution in [2.45, 2.75) is 25.8 Å². The quantitative estimate of drug-likeness (QED) is 0.508. The lowest BCUT2D eigenvalue weighted by atomic mass is 10.2. The molecule has 0 aliphatic carbocycles. The number of hydrogen-bond donors (Lipinski definition) is 2. The van der Waals surface area contributed by atoms with Crippen LogP contribution in [-0.2, 0) is 14.6 Å². The largest absolute Gasteiger partial charge is 0.360 e. The molecular weight excluding hydrogens is 398 g/mol. The van der Waals surface area contributed by atoms with Gasteiger partial charge in [-0.05, 0) is 30.9 Å². The van der Waals surface area contributed by atoms with E-state index in [1.165, 1.54) is 5.00 Å². The monoisotopic (exact) mass is 427 g/mol. The number of thiophene rings is 1. The number of carbonyl (C=O) groups excluding carboxylic acids is 1. The minimum atomic E-state index is -2.98. The second-order valence-electron chi connectivity index (χ2n) is 7.08. The Hall–Kier alpha value is -1.81. The zero-order chi connectivity index (χ0) is 20.0. The van der Waals surface area contributed by atoms with Crippen molar-refractivity contribution in [2.75, 3.05) is 55.7 Å². The number of amides is 1. The summed E-state index contributed by atoms with van der Waals surface area (Å²) in [5.74, 6) is 0.922. The van der Waals surface area contributed by atoms with E-state index in [9.17, 15) is 13.2 Å². The summed E-state index contributed by atoms with van der Waals surface area (Å²) in [7, 11) is -2.98. The molecule has 1 aromatic heterocycles. The third kappa shape index (κ3) is 5.84. The normalized spacial score (nSPS) is 22.3. The van der Waals surface area contributed by atoms with Crippen LogP contribution in [-0.4, -0.2) is 82.0 Å². The maximum atomic E-state index is 12.1. The van der Waals surface area contributed by atoms with E-state index in [0.717, 1.165) is 38.7 Å². The lowest BCUT2D eigenvalue weighted by molar-refractivity contribution is -0.121. The Balaban J connectivity index is 1.45. The predicted molar refractivity (Wildman–Crippen MR) is 114 cm³/mol. The van der Waals surface area contributed by atoms with Crippen molar-refractivity contribution in [2.24, 2.45) is 4.99 Å². The van der Waals surface area contributed by atoms with Crippen molar-refractivity contribution in [1.82, 2.24) is 15.5 Å². The fourth-order valence-corrected chi connectivity index (χ4v) is 5.95. The molecule has 10 heteroatoms. The average Bonchev–Trinajstić information content (AvgIpc) is 3.31. The molecule has 1 unspecified atom stereocenters. The number of carbonyl (C=O) groups is 1. The molecule has 156 valence electrons. The van der Waals surface area contributed by atoms with Crippen LogP contribution in [0.5, 0.6) is 0 Å². The first-order chi connectivity index (χ1) is 13.5. The highest BCUT2D eigenvalue weighted by molar-refractivity contribution is 7.91. The molecule has 2 N–H and O–H groups in total. The molecule has 8 nitrogen and oxygen atoms in total. The summed E-state index contributed by atoms with van der Waals surface area (Å²) in [6.45, 7) is 6.86. The van der Waals surface area contributed by atoms with E-state index >= 15 is 0 Å². The van der Waals surface area contributed by atoms with E-state index < -0.39 is 9.84 Å². The number of aliphatic imine (C=N–C) groups is 1. The highest BCUT2D eigenvalue weighted by atomic mass is 32.2. The first-order valence-electron chi connectivity index (χ1n) is 9.78. The predicted octanol–water partition coefficient (Wildman–Crippen LogP) is 0.529. The second kappa shape index (κ2) is 9.60. The van der Waals surface area contributed by atoms with Crippen LogP contribution < -0.4 is 15.5 Å². The summed E-state index contributed by atoms with van der Waals surface area (Å²) in [5, 5.41) is 9.52. The fraction of sp³-hybridized carbons (Fsp3) is 0.667. The summed E-state index contributed by atoms with van der Waals surface area (Å²) in [6.07, 6.45) is 0.773. The zero-order valence-corrected chi connectivity index (χ0v) is 17.9. The zero-order valence-electron chi connectivity index (χ0n) is 16.3. The summed E-state index contributed by atoms with van der Waals surface area (Å²) >= 11 is 1.76. The minimum Gasteiger partial charge on any atom is -0.360 e. The van der Waals surface area contributed by atoms with Crippen molar-refractivity contribution < 1.29 is 13.2 Å². The first kappa shape index (κ1) is 20.9. The van der Waals surface area contributed by atoms with Crippen LogP contribution in [0, 0.1) is 0 Å². The summed E-state index contributed by atoms with van der Waals surface area (Å²) in [6, 6.07) is 3.97. The third-order valence-corrected chi connectivity index (χ3v) is 7.63.